The smallest absolute Gasteiger partial charge is 0.217 e. The molecule has 0 saturated carbocycles. The molecule has 2 rings (SSSR count). The van der Waals surface area contributed by atoms with Crippen molar-refractivity contribution in [2.75, 3.05) is 0 Å². The van der Waals surface area contributed by atoms with Gasteiger partial charge in [-0.25, -0.2) is 10.2 Å². The summed E-state index contributed by atoms with van der Waals surface area (Å²) in [5.74, 6) is 0. The summed E-state index contributed by atoms with van der Waals surface area (Å²) in [4.78, 5) is 0. The van der Waals surface area contributed by atoms with E-state index in [1.54, 1.807) is 0 Å². The van der Waals surface area contributed by atoms with Gasteiger partial charge in [-0.15, -0.1) is 10.2 Å². The first-order valence-corrected chi connectivity index (χ1v) is 4.92. The molecule has 0 fully saturated rings. The van der Waals surface area contributed by atoms with Crippen molar-refractivity contribution >= 4 is 21.6 Å². The molecule has 8 nitrogen and oxygen atoms in total. The van der Waals surface area contributed by atoms with Gasteiger partial charge in [0.25, 0.3) is 0 Å². The molecule has 0 atom stereocenters. The van der Waals surface area contributed by atoms with Gasteiger partial charge in [-0.1, -0.05) is 0 Å². The minimum absolute atomic E-state index is 0.608. The topological polar surface area (TPSA) is 109 Å². The van der Waals surface area contributed by atoms with Gasteiger partial charge in [0.15, 0.2) is 0 Å². The molecule has 0 spiro atoms. The molecule has 0 radical (unpaired) electrons. The maximum absolute atomic E-state index is 3.66. The lowest BCUT2D eigenvalue weighted by Gasteiger charge is -1.87. The van der Waals surface area contributed by atoms with E-state index in [0.29, 0.717) is 10.3 Å². The Labute approximate surface area is 73.7 Å². The van der Waals surface area contributed by atoms with Crippen LogP contribution in [-0.4, -0.2) is 41.2 Å². The van der Waals surface area contributed by atoms with Crippen molar-refractivity contribution in [3.05, 3.63) is 0 Å². The second-order valence-electron chi connectivity index (χ2n) is 1.58. The molecule has 0 bridgehead atoms. The van der Waals surface area contributed by atoms with Gasteiger partial charge in [-0.3, -0.25) is 0 Å². The highest BCUT2D eigenvalue weighted by atomic mass is 33.1. The molecular weight excluding hydrogens is 200 g/mol. The Kier molecular flexibility index (Phi) is 2.18. The molecule has 0 unspecified atom stereocenters. The lowest BCUT2D eigenvalue weighted by Crippen LogP contribution is -1.73. The number of H-pyrrole nitrogens is 2. The van der Waals surface area contributed by atoms with Crippen molar-refractivity contribution in [2.45, 2.75) is 10.3 Å². The average Bonchev–Trinajstić information content (AvgIpc) is 2.74. The number of rotatable bonds is 3. The summed E-state index contributed by atoms with van der Waals surface area (Å²) in [5.41, 5.74) is 0. The van der Waals surface area contributed by atoms with E-state index in [4.69, 9.17) is 0 Å². The average molecular weight is 202 g/mol. The Morgan fingerprint density at radius 2 is 1.33 bits per heavy atom. The van der Waals surface area contributed by atoms with Crippen molar-refractivity contribution in [1.82, 2.24) is 41.2 Å². The maximum Gasteiger partial charge on any atom is 0.217 e. The van der Waals surface area contributed by atoms with E-state index < -0.39 is 0 Å². The van der Waals surface area contributed by atoms with Crippen molar-refractivity contribution in [1.29, 1.82) is 0 Å². The molecule has 0 aliphatic carbocycles. The lowest BCUT2D eigenvalue weighted by molar-refractivity contribution is 0.881. The lowest BCUT2D eigenvalue weighted by atomic mass is 11.4. The van der Waals surface area contributed by atoms with E-state index in [-0.39, 0.29) is 0 Å². The van der Waals surface area contributed by atoms with Gasteiger partial charge < -0.3 is 0 Å². The fourth-order valence-corrected chi connectivity index (χ4v) is 1.80. The molecule has 0 aromatic carbocycles. The summed E-state index contributed by atoms with van der Waals surface area (Å²) >= 11 is 0. The van der Waals surface area contributed by atoms with E-state index in [1.807, 2.05) is 0 Å². The Hall–Kier alpha value is -1.16. The van der Waals surface area contributed by atoms with E-state index in [1.165, 1.54) is 21.6 Å². The van der Waals surface area contributed by atoms with Crippen LogP contribution in [0.15, 0.2) is 10.3 Å². The summed E-state index contributed by atoms with van der Waals surface area (Å²) in [7, 11) is 2.67. The van der Waals surface area contributed by atoms with E-state index in [0.717, 1.165) is 0 Å². The number of nitrogens with zero attached hydrogens (tertiary/aromatic N) is 6. The molecule has 2 N–H and O–H groups in total. The fourth-order valence-electron chi connectivity index (χ4n) is 0.450. The van der Waals surface area contributed by atoms with Crippen LogP contribution in [0.4, 0.5) is 0 Å². The number of hydrogen-bond donors (Lipinski definition) is 2. The van der Waals surface area contributed by atoms with Gasteiger partial charge >= 0.3 is 0 Å². The summed E-state index contributed by atoms with van der Waals surface area (Å²) in [6.45, 7) is 0. The van der Waals surface area contributed by atoms with Crippen molar-refractivity contribution in [3.63, 3.8) is 0 Å². The van der Waals surface area contributed by atoms with Crippen LogP contribution in [-0.2, 0) is 0 Å². The van der Waals surface area contributed by atoms with Gasteiger partial charge in [0.1, 0.15) is 0 Å². The van der Waals surface area contributed by atoms with Crippen LogP contribution in [0, 0.1) is 0 Å². The largest absolute Gasteiger partial charge is 0.233 e. The Morgan fingerprint density at radius 1 is 0.833 bits per heavy atom. The minimum atomic E-state index is 0.608. The molecule has 12 heavy (non-hydrogen) atoms. The summed E-state index contributed by atoms with van der Waals surface area (Å²) in [6.07, 6.45) is 0. The number of aromatic nitrogens is 8. The highest BCUT2D eigenvalue weighted by Crippen LogP contribution is 2.31. The standard InChI is InChI=1S/C2H2N8S2/c3-1(4-8-7-3)11-12-2-5-9-10-6-2/h(H,3,4,7,8)(H,5,6,9,10). The van der Waals surface area contributed by atoms with Crippen LogP contribution in [0.1, 0.15) is 0 Å². The fraction of sp³-hybridized carbons (Fsp3) is 0. The maximum atomic E-state index is 3.66. The number of tetrazole rings is 2. The SMILES string of the molecule is n1n[nH]c(SSc2nnn[nH]2)n1. The molecule has 10 heteroatoms. The zero-order valence-corrected chi connectivity index (χ0v) is 7.13. The van der Waals surface area contributed by atoms with Gasteiger partial charge in [0.05, 0.1) is 0 Å². The Morgan fingerprint density at radius 3 is 1.67 bits per heavy atom. The van der Waals surface area contributed by atoms with Crippen LogP contribution >= 0.6 is 21.6 Å². The summed E-state index contributed by atoms with van der Waals surface area (Å²) in [6, 6.07) is 0. The summed E-state index contributed by atoms with van der Waals surface area (Å²) < 4.78 is 0. The third kappa shape index (κ3) is 1.71. The van der Waals surface area contributed by atoms with Crippen molar-refractivity contribution < 1.29 is 0 Å². The molecule has 0 saturated heterocycles. The number of hydrogen-bond acceptors (Lipinski definition) is 8. The second kappa shape index (κ2) is 3.49. The molecule has 2 aromatic heterocycles. The first-order chi connectivity index (χ1) is 5.95. The molecule has 0 aliphatic heterocycles. The van der Waals surface area contributed by atoms with Gasteiger partial charge in [-0.05, 0) is 42.4 Å². The van der Waals surface area contributed by atoms with E-state index in [9.17, 15) is 0 Å². The Balaban J connectivity index is 1.91. The minimum Gasteiger partial charge on any atom is -0.233 e. The quantitative estimate of drug-likeness (QED) is 0.642. The van der Waals surface area contributed by atoms with E-state index >= 15 is 0 Å². The van der Waals surface area contributed by atoms with Crippen LogP contribution in [0.5, 0.6) is 0 Å². The van der Waals surface area contributed by atoms with Gasteiger partial charge in [0, 0.05) is 0 Å². The normalized spacial score (nSPS) is 10.3. The highest BCUT2D eigenvalue weighted by Gasteiger charge is 2.02. The predicted molar refractivity (Wildman–Crippen MR) is 40.1 cm³/mol. The van der Waals surface area contributed by atoms with Crippen LogP contribution in [0.3, 0.4) is 0 Å². The van der Waals surface area contributed by atoms with E-state index in [2.05, 4.69) is 41.2 Å². The van der Waals surface area contributed by atoms with Crippen LogP contribution in [0.2, 0.25) is 0 Å². The molecular formula is C2H2N8S2. The first kappa shape index (κ1) is 7.49. The third-order valence-electron chi connectivity index (χ3n) is 0.851. The van der Waals surface area contributed by atoms with Gasteiger partial charge in [-0.2, -0.15) is 0 Å². The van der Waals surface area contributed by atoms with Crippen LogP contribution in [0.25, 0.3) is 0 Å². The third-order valence-corrected chi connectivity index (χ3v) is 2.79. The first-order valence-electron chi connectivity index (χ1n) is 2.77. The summed E-state index contributed by atoms with van der Waals surface area (Å²) in [5, 5.41) is 27.3. The van der Waals surface area contributed by atoms with Crippen LogP contribution < -0.4 is 0 Å². The second-order valence-corrected chi connectivity index (χ2v) is 3.69. The van der Waals surface area contributed by atoms with Crippen molar-refractivity contribution in [2.24, 2.45) is 0 Å². The monoisotopic (exact) mass is 202 g/mol. The molecule has 0 amide bonds. The predicted octanol–water partition coefficient (Wildman–Crippen LogP) is -0.488. The molecule has 2 aromatic rings. The number of nitrogens with one attached hydrogen (secondary N) is 2. The zero-order valence-electron chi connectivity index (χ0n) is 5.50. The highest BCUT2D eigenvalue weighted by molar-refractivity contribution is 8.76. The molecule has 2 heterocycles. The molecule has 0 aliphatic rings. The zero-order chi connectivity index (χ0) is 8.23. The molecule has 62 valence electrons. The van der Waals surface area contributed by atoms with Gasteiger partial charge in [0.2, 0.25) is 10.3 Å². The van der Waals surface area contributed by atoms with Crippen molar-refractivity contribution in [3.8, 4) is 0 Å². The number of aromatic amines is 2. The Bertz CT molecular complexity index is 278.